The lowest BCUT2D eigenvalue weighted by atomic mass is 9.89. The van der Waals surface area contributed by atoms with Gasteiger partial charge in [0.25, 0.3) is 0 Å². The first kappa shape index (κ1) is 16.3. The molecule has 0 saturated carbocycles. The van der Waals surface area contributed by atoms with E-state index < -0.39 is 11.7 Å². The van der Waals surface area contributed by atoms with Gasteiger partial charge in [0.1, 0.15) is 0 Å². The van der Waals surface area contributed by atoms with Crippen LogP contribution < -0.4 is 0 Å². The first-order valence-electron chi connectivity index (χ1n) is 7.01. The van der Waals surface area contributed by atoms with Crippen molar-refractivity contribution < 1.29 is 18.0 Å². The van der Waals surface area contributed by atoms with E-state index in [0.717, 1.165) is 18.6 Å². The van der Waals surface area contributed by atoms with E-state index >= 15 is 0 Å². The van der Waals surface area contributed by atoms with E-state index in [1.54, 1.807) is 4.90 Å². The molecule has 0 spiro atoms. The molecule has 1 aromatic carbocycles. The summed E-state index contributed by atoms with van der Waals surface area (Å²) in [5.74, 6) is -0.0911. The summed E-state index contributed by atoms with van der Waals surface area (Å²) in [5, 5.41) is 0. The molecule has 118 valence electrons. The van der Waals surface area contributed by atoms with Gasteiger partial charge in [-0.05, 0) is 30.2 Å². The first-order chi connectivity index (χ1) is 10.2. The largest absolute Gasteiger partial charge is 0.416 e. The molecule has 1 atom stereocenters. The number of benzene rings is 1. The molecule has 0 N–H and O–H groups in total. The van der Waals surface area contributed by atoms with Crippen LogP contribution in [0.5, 0.6) is 0 Å². The number of amides is 1. The Labute approximate surface area is 127 Å². The molecule has 2 nitrogen and oxygen atoms in total. The van der Waals surface area contributed by atoms with Gasteiger partial charge in [-0.25, -0.2) is 0 Å². The second kappa shape index (κ2) is 5.99. The minimum Gasteiger partial charge on any atom is -0.338 e. The van der Waals surface area contributed by atoms with E-state index in [2.05, 4.69) is 6.58 Å². The van der Waals surface area contributed by atoms with Gasteiger partial charge in [0.2, 0.25) is 5.91 Å². The van der Waals surface area contributed by atoms with Crippen molar-refractivity contribution in [2.24, 2.45) is 5.41 Å². The van der Waals surface area contributed by atoms with Crippen LogP contribution in [0, 0.1) is 5.41 Å². The second-order valence-electron chi connectivity index (χ2n) is 5.82. The van der Waals surface area contributed by atoms with Gasteiger partial charge in [-0.15, -0.1) is 0 Å². The number of hydrogen-bond acceptors (Lipinski definition) is 1. The van der Waals surface area contributed by atoms with Crippen molar-refractivity contribution in [1.82, 2.24) is 4.90 Å². The number of alkyl halides is 3. The molecular formula is C17H18F3NO. The van der Waals surface area contributed by atoms with Gasteiger partial charge in [0.05, 0.1) is 5.56 Å². The van der Waals surface area contributed by atoms with Crippen molar-refractivity contribution in [2.75, 3.05) is 13.1 Å². The van der Waals surface area contributed by atoms with E-state index in [-0.39, 0.29) is 11.3 Å². The highest BCUT2D eigenvalue weighted by molar-refractivity contribution is 5.87. The van der Waals surface area contributed by atoms with Crippen LogP contribution >= 0.6 is 0 Å². The zero-order valence-corrected chi connectivity index (χ0v) is 12.4. The molecular weight excluding hydrogens is 291 g/mol. The first-order valence-corrected chi connectivity index (χ1v) is 7.01. The quantitative estimate of drug-likeness (QED) is 0.768. The van der Waals surface area contributed by atoms with Gasteiger partial charge < -0.3 is 4.90 Å². The highest BCUT2D eigenvalue weighted by Crippen LogP contribution is 2.33. The minimum absolute atomic E-state index is 0.0911. The monoisotopic (exact) mass is 309 g/mol. The molecule has 5 heteroatoms. The lowest BCUT2D eigenvalue weighted by Crippen LogP contribution is -2.28. The maximum absolute atomic E-state index is 12.5. The van der Waals surface area contributed by atoms with E-state index in [4.69, 9.17) is 0 Å². The molecule has 1 aliphatic heterocycles. The summed E-state index contributed by atoms with van der Waals surface area (Å²) in [6, 6.07) is 5.04. The molecule has 1 amide bonds. The fraction of sp³-hybridized carbons (Fsp3) is 0.353. The normalized spacial score (nSPS) is 22.3. The maximum Gasteiger partial charge on any atom is 0.416 e. The number of likely N-dealkylation sites (tertiary alicyclic amines) is 1. The van der Waals surface area contributed by atoms with E-state index in [1.807, 2.05) is 19.1 Å². The molecule has 1 aliphatic rings. The Morgan fingerprint density at radius 3 is 2.50 bits per heavy atom. The molecule has 1 heterocycles. The average Bonchev–Trinajstić information content (AvgIpc) is 2.87. The molecule has 1 fully saturated rings. The van der Waals surface area contributed by atoms with Crippen molar-refractivity contribution in [3.8, 4) is 0 Å². The molecule has 0 bridgehead atoms. The van der Waals surface area contributed by atoms with E-state index in [9.17, 15) is 18.0 Å². The highest BCUT2D eigenvalue weighted by atomic mass is 19.4. The SMILES string of the molecule is C=CC(=O)N1CC[C@](C)(/C=C/c2ccc(C(F)(F)F)cc2)C1. The number of rotatable bonds is 3. The average molecular weight is 309 g/mol. The van der Waals surface area contributed by atoms with Crippen LogP contribution in [0.2, 0.25) is 0 Å². The van der Waals surface area contributed by atoms with Gasteiger partial charge in [-0.2, -0.15) is 13.2 Å². The summed E-state index contributed by atoms with van der Waals surface area (Å²) in [6.45, 7) is 6.76. The molecule has 1 saturated heterocycles. The Hall–Kier alpha value is -2.04. The Balaban J connectivity index is 2.06. The van der Waals surface area contributed by atoms with E-state index in [0.29, 0.717) is 18.7 Å². The third-order valence-corrected chi connectivity index (χ3v) is 3.91. The Morgan fingerprint density at radius 1 is 1.32 bits per heavy atom. The molecule has 0 unspecified atom stereocenters. The topological polar surface area (TPSA) is 20.3 Å². The van der Waals surface area contributed by atoms with Crippen LogP contribution in [0.15, 0.2) is 43.0 Å². The third-order valence-electron chi connectivity index (χ3n) is 3.91. The van der Waals surface area contributed by atoms with Crippen molar-refractivity contribution >= 4 is 12.0 Å². The third kappa shape index (κ3) is 3.78. The lowest BCUT2D eigenvalue weighted by Gasteiger charge is -2.20. The molecule has 22 heavy (non-hydrogen) atoms. The minimum atomic E-state index is -4.31. The van der Waals surface area contributed by atoms with Crippen molar-refractivity contribution in [1.29, 1.82) is 0 Å². The van der Waals surface area contributed by atoms with Crippen molar-refractivity contribution in [3.63, 3.8) is 0 Å². The van der Waals surface area contributed by atoms with Crippen molar-refractivity contribution in [2.45, 2.75) is 19.5 Å². The highest BCUT2D eigenvalue weighted by Gasteiger charge is 2.33. The number of hydrogen-bond donors (Lipinski definition) is 0. The lowest BCUT2D eigenvalue weighted by molar-refractivity contribution is -0.137. The van der Waals surface area contributed by atoms with Gasteiger partial charge in [-0.1, -0.05) is 37.8 Å². The van der Waals surface area contributed by atoms with Gasteiger partial charge in [0.15, 0.2) is 0 Å². The molecule has 2 rings (SSSR count). The summed E-state index contributed by atoms with van der Waals surface area (Å²) in [5.41, 5.74) is -0.108. The summed E-state index contributed by atoms with van der Waals surface area (Å²) in [4.78, 5) is 13.3. The second-order valence-corrected chi connectivity index (χ2v) is 5.82. The predicted molar refractivity (Wildman–Crippen MR) is 80.0 cm³/mol. The van der Waals surface area contributed by atoms with Crippen LogP contribution in [-0.4, -0.2) is 23.9 Å². The van der Waals surface area contributed by atoms with Crippen LogP contribution in [0.1, 0.15) is 24.5 Å². The summed E-state index contributed by atoms with van der Waals surface area (Å²) < 4.78 is 37.5. The standard InChI is InChI=1S/C17H18F3NO/c1-3-15(22)21-11-10-16(2,12-21)9-8-13-4-6-14(7-5-13)17(18,19)20/h3-9H,1,10-12H2,2H3/b9-8+/t16-/m0/s1. The van der Waals surface area contributed by atoms with Gasteiger partial charge in [0, 0.05) is 18.5 Å². The van der Waals surface area contributed by atoms with Crippen LogP contribution in [0.25, 0.3) is 6.08 Å². The number of carbonyl (C=O) groups is 1. The zero-order valence-electron chi connectivity index (χ0n) is 12.4. The molecule has 1 aromatic rings. The van der Waals surface area contributed by atoms with Gasteiger partial charge >= 0.3 is 6.18 Å². The fourth-order valence-electron chi connectivity index (χ4n) is 2.52. The Kier molecular flexibility index (Phi) is 4.44. The Morgan fingerprint density at radius 2 is 1.95 bits per heavy atom. The van der Waals surface area contributed by atoms with Crippen LogP contribution in [0.3, 0.4) is 0 Å². The maximum atomic E-state index is 12.5. The van der Waals surface area contributed by atoms with Crippen LogP contribution in [0.4, 0.5) is 13.2 Å². The fourth-order valence-corrected chi connectivity index (χ4v) is 2.52. The predicted octanol–water partition coefficient (Wildman–Crippen LogP) is 4.14. The van der Waals surface area contributed by atoms with E-state index in [1.165, 1.54) is 18.2 Å². The summed E-state index contributed by atoms with van der Waals surface area (Å²) in [6.07, 6.45) is 1.58. The molecule has 0 radical (unpaired) electrons. The number of nitrogens with zero attached hydrogens (tertiary/aromatic N) is 1. The van der Waals surface area contributed by atoms with Crippen LogP contribution in [-0.2, 0) is 11.0 Å². The summed E-state index contributed by atoms with van der Waals surface area (Å²) in [7, 11) is 0. The van der Waals surface area contributed by atoms with Crippen molar-refractivity contribution in [3.05, 3.63) is 54.1 Å². The molecule has 0 aromatic heterocycles. The molecule has 0 aliphatic carbocycles. The number of carbonyl (C=O) groups excluding carboxylic acids is 1. The zero-order chi connectivity index (χ0) is 16.4. The smallest absolute Gasteiger partial charge is 0.338 e. The summed E-state index contributed by atoms with van der Waals surface area (Å²) >= 11 is 0. The Bertz CT molecular complexity index is 589. The van der Waals surface area contributed by atoms with Gasteiger partial charge in [-0.3, -0.25) is 4.79 Å². The number of halogens is 3.